The van der Waals surface area contributed by atoms with E-state index in [1.54, 1.807) is 17.5 Å². The van der Waals surface area contributed by atoms with Crippen LogP contribution in [-0.2, 0) is 14.8 Å². The van der Waals surface area contributed by atoms with Gasteiger partial charge >= 0.3 is 0 Å². The number of amides is 1. The highest BCUT2D eigenvalue weighted by Gasteiger charge is 2.29. The Morgan fingerprint density at radius 1 is 1.16 bits per heavy atom. The first-order valence-electron chi connectivity index (χ1n) is 7.76. The molecule has 25 heavy (non-hydrogen) atoms. The summed E-state index contributed by atoms with van der Waals surface area (Å²) in [6.45, 7) is 2.11. The molecule has 1 N–H and O–H groups in total. The zero-order valence-corrected chi connectivity index (χ0v) is 16.6. The summed E-state index contributed by atoms with van der Waals surface area (Å²) in [5.74, 6) is -0.104. The molecular formula is C16H18BrN3O3S2. The van der Waals surface area contributed by atoms with Gasteiger partial charge in [-0.1, -0.05) is 28.1 Å². The minimum absolute atomic E-state index is 0.104. The van der Waals surface area contributed by atoms with Gasteiger partial charge in [-0.25, -0.2) is 8.42 Å². The number of anilines is 1. The number of piperazine rings is 1. The SMILES string of the molecule is O=C(CN1CCN(S(=O)(=O)c2cccs2)CC1)Nc1cccc(Br)c1. The average Bonchev–Trinajstić information content (AvgIpc) is 3.10. The molecule has 1 aliphatic heterocycles. The number of thiophene rings is 1. The van der Waals surface area contributed by atoms with E-state index >= 15 is 0 Å². The van der Waals surface area contributed by atoms with Crippen LogP contribution in [0.25, 0.3) is 0 Å². The molecule has 0 unspecified atom stereocenters. The maximum Gasteiger partial charge on any atom is 0.252 e. The van der Waals surface area contributed by atoms with Gasteiger partial charge in [0, 0.05) is 36.3 Å². The number of benzene rings is 1. The lowest BCUT2D eigenvalue weighted by Gasteiger charge is -2.33. The first-order valence-corrected chi connectivity index (χ1v) is 10.9. The molecule has 0 saturated carbocycles. The highest BCUT2D eigenvalue weighted by Crippen LogP contribution is 2.22. The second-order valence-corrected chi connectivity index (χ2v) is 9.70. The molecule has 0 atom stereocenters. The molecule has 1 amide bonds. The number of nitrogens with zero attached hydrogens (tertiary/aromatic N) is 2. The fourth-order valence-electron chi connectivity index (χ4n) is 2.64. The smallest absolute Gasteiger partial charge is 0.252 e. The lowest BCUT2D eigenvalue weighted by atomic mass is 10.3. The van der Waals surface area contributed by atoms with Gasteiger partial charge in [-0.2, -0.15) is 4.31 Å². The van der Waals surface area contributed by atoms with Crippen molar-refractivity contribution in [1.82, 2.24) is 9.21 Å². The molecule has 0 aliphatic carbocycles. The number of sulfonamides is 1. The zero-order chi connectivity index (χ0) is 17.9. The van der Waals surface area contributed by atoms with Crippen molar-refractivity contribution in [3.63, 3.8) is 0 Å². The van der Waals surface area contributed by atoms with Crippen molar-refractivity contribution in [2.45, 2.75) is 4.21 Å². The molecule has 1 aromatic carbocycles. The molecule has 0 spiro atoms. The minimum Gasteiger partial charge on any atom is -0.325 e. The highest BCUT2D eigenvalue weighted by atomic mass is 79.9. The van der Waals surface area contributed by atoms with Crippen molar-refractivity contribution < 1.29 is 13.2 Å². The lowest BCUT2D eigenvalue weighted by molar-refractivity contribution is -0.117. The summed E-state index contributed by atoms with van der Waals surface area (Å²) < 4.78 is 27.7. The van der Waals surface area contributed by atoms with Crippen LogP contribution < -0.4 is 5.32 Å². The molecule has 1 fully saturated rings. The summed E-state index contributed by atoms with van der Waals surface area (Å²) in [4.78, 5) is 14.1. The third-order valence-electron chi connectivity index (χ3n) is 3.90. The first-order chi connectivity index (χ1) is 11.9. The Morgan fingerprint density at radius 2 is 1.92 bits per heavy atom. The van der Waals surface area contributed by atoms with Gasteiger partial charge in [0.2, 0.25) is 5.91 Å². The van der Waals surface area contributed by atoms with E-state index in [0.29, 0.717) is 30.4 Å². The molecule has 2 heterocycles. The average molecular weight is 444 g/mol. The second-order valence-electron chi connectivity index (χ2n) is 5.67. The van der Waals surface area contributed by atoms with E-state index in [9.17, 15) is 13.2 Å². The first kappa shape index (κ1) is 18.5. The molecular weight excluding hydrogens is 426 g/mol. The van der Waals surface area contributed by atoms with Crippen LogP contribution in [0.1, 0.15) is 0 Å². The van der Waals surface area contributed by atoms with Gasteiger partial charge in [-0.05, 0) is 29.6 Å². The quantitative estimate of drug-likeness (QED) is 0.770. The van der Waals surface area contributed by atoms with Crippen molar-refractivity contribution in [3.05, 3.63) is 46.3 Å². The van der Waals surface area contributed by atoms with Gasteiger partial charge in [0.1, 0.15) is 4.21 Å². The summed E-state index contributed by atoms with van der Waals surface area (Å²) >= 11 is 4.59. The standard InChI is InChI=1S/C16H18BrN3O3S2/c17-13-3-1-4-14(11-13)18-15(21)12-19-6-8-20(9-7-19)25(22,23)16-5-2-10-24-16/h1-5,10-11H,6-9,12H2,(H,18,21). The number of carbonyl (C=O) groups excluding carboxylic acids is 1. The Hall–Kier alpha value is -1.26. The molecule has 0 radical (unpaired) electrons. The summed E-state index contributed by atoms with van der Waals surface area (Å²) in [5, 5.41) is 4.61. The van der Waals surface area contributed by atoms with Crippen LogP contribution in [0, 0.1) is 0 Å². The molecule has 6 nitrogen and oxygen atoms in total. The lowest BCUT2D eigenvalue weighted by Crippen LogP contribution is -2.50. The number of nitrogens with one attached hydrogen (secondary N) is 1. The molecule has 9 heteroatoms. The largest absolute Gasteiger partial charge is 0.325 e. The van der Waals surface area contributed by atoms with Crippen molar-refractivity contribution in [2.75, 3.05) is 38.0 Å². The summed E-state index contributed by atoms with van der Waals surface area (Å²) in [7, 11) is -3.40. The Morgan fingerprint density at radius 3 is 2.56 bits per heavy atom. The van der Waals surface area contributed by atoms with E-state index in [0.717, 1.165) is 10.2 Å². The Labute approximate surface area is 159 Å². The van der Waals surface area contributed by atoms with Crippen LogP contribution >= 0.6 is 27.3 Å². The molecule has 134 valence electrons. The predicted octanol–water partition coefficient (Wildman–Crippen LogP) is 2.46. The van der Waals surface area contributed by atoms with Gasteiger partial charge in [0.25, 0.3) is 10.0 Å². The zero-order valence-electron chi connectivity index (χ0n) is 13.4. The van der Waals surface area contributed by atoms with Crippen LogP contribution in [0.3, 0.4) is 0 Å². The Kier molecular flexibility index (Phi) is 5.90. The number of rotatable bonds is 5. The van der Waals surface area contributed by atoms with Gasteiger partial charge in [-0.3, -0.25) is 9.69 Å². The fourth-order valence-corrected chi connectivity index (χ4v) is 5.60. The monoisotopic (exact) mass is 443 g/mol. The highest BCUT2D eigenvalue weighted by molar-refractivity contribution is 9.10. The van der Waals surface area contributed by atoms with Crippen LogP contribution in [-0.4, -0.2) is 56.3 Å². The number of hydrogen-bond acceptors (Lipinski definition) is 5. The van der Waals surface area contributed by atoms with E-state index in [1.165, 1.54) is 15.6 Å². The normalized spacial score (nSPS) is 16.7. The van der Waals surface area contributed by atoms with E-state index in [1.807, 2.05) is 29.2 Å². The van der Waals surface area contributed by atoms with E-state index in [4.69, 9.17) is 0 Å². The molecule has 1 saturated heterocycles. The maximum atomic E-state index is 12.5. The predicted molar refractivity (Wildman–Crippen MR) is 102 cm³/mol. The van der Waals surface area contributed by atoms with Crippen molar-refractivity contribution in [1.29, 1.82) is 0 Å². The summed E-state index contributed by atoms with van der Waals surface area (Å²) in [6, 6.07) is 10.8. The molecule has 3 rings (SSSR count). The molecule has 1 aromatic heterocycles. The van der Waals surface area contributed by atoms with Gasteiger partial charge in [0.05, 0.1) is 6.54 Å². The Bertz CT molecular complexity index is 832. The van der Waals surface area contributed by atoms with E-state index < -0.39 is 10.0 Å². The summed E-state index contributed by atoms with van der Waals surface area (Å²) in [5.41, 5.74) is 0.735. The fraction of sp³-hybridized carbons (Fsp3) is 0.312. The molecule has 1 aliphatic rings. The van der Waals surface area contributed by atoms with Crippen molar-refractivity contribution >= 4 is 48.9 Å². The Balaban J connectivity index is 1.52. The molecule has 0 bridgehead atoms. The number of hydrogen-bond donors (Lipinski definition) is 1. The van der Waals surface area contributed by atoms with Gasteiger partial charge in [-0.15, -0.1) is 11.3 Å². The number of carbonyl (C=O) groups is 1. The van der Waals surface area contributed by atoms with E-state index in [2.05, 4.69) is 21.2 Å². The third-order valence-corrected chi connectivity index (χ3v) is 7.66. The van der Waals surface area contributed by atoms with E-state index in [-0.39, 0.29) is 12.5 Å². The van der Waals surface area contributed by atoms with Crippen molar-refractivity contribution in [3.8, 4) is 0 Å². The van der Waals surface area contributed by atoms with Gasteiger partial charge < -0.3 is 5.32 Å². The van der Waals surface area contributed by atoms with Crippen LogP contribution in [0.2, 0.25) is 0 Å². The second kappa shape index (κ2) is 7.96. The van der Waals surface area contributed by atoms with Crippen LogP contribution in [0.4, 0.5) is 5.69 Å². The van der Waals surface area contributed by atoms with Gasteiger partial charge in [0.15, 0.2) is 0 Å². The van der Waals surface area contributed by atoms with Crippen LogP contribution in [0.15, 0.2) is 50.5 Å². The van der Waals surface area contributed by atoms with Crippen molar-refractivity contribution in [2.24, 2.45) is 0 Å². The topological polar surface area (TPSA) is 69.7 Å². The summed E-state index contributed by atoms with van der Waals surface area (Å²) in [6.07, 6.45) is 0. The maximum absolute atomic E-state index is 12.5. The van der Waals surface area contributed by atoms with Crippen LogP contribution in [0.5, 0.6) is 0 Å². The number of halogens is 1. The molecule has 2 aromatic rings. The third kappa shape index (κ3) is 4.68. The minimum atomic E-state index is -3.40.